The maximum atomic E-state index is 11.4. The van der Waals surface area contributed by atoms with Gasteiger partial charge in [-0.05, 0) is 101 Å². The molecule has 5 nitrogen and oxygen atoms in total. The van der Waals surface area contributed by atoms with E-state index in [0.29, 0.717) is 17.8 Å². The molecule has 8 rings (SSSR count). The number of hydrogen-bond acceptors (Lipinski definition) is 5. The SMILES string of the molecule is CC(C)(O)[C@]12CC[C@](C)(O1)[C@]1(CC[C@]3(C)C1CCC1[C@]45CC[C@](O)(OC4)C(C)(C)C5CC[C@]13C)O2. The minimum Gasteiger partial charge on any atom is -0.385 e. The molecule has 198 valence electrons. The Labute approximate surface area is 211 Å². The molecule has 4 aliphatic carbocycles. The smallest absolute Gasteiger partial charge is 0.198 e. The van der Waals surface area contributed by atoms with Gasteiger partial charge in [-0.3, -0.25) is 0 Å². The Kier molecular flexibility index (Phi) is 4.21. The molecule has 5 heteroatoms. The van der Waals surface area contributed by atoms with Crippen LogP contribution in [0.25, 0.3) is 0 Å². The van der Waals surface area contributed by atoms with E-state index in [9.17, 15) is 10.2 Å². The first-order chi connectivity index (χ1) is 16.1. The van der Waals surface area contributed by atoms with Crippen molar-refractivity contribution < 1.29 is 24.4 Å². The van der Waals surface area contributed by atoms with Gasteiger partial charge in [-0.15, -0.1) is 0 Å². The van der Waals surface area contributed by atoms with Gasteiger partial charge in [0.1, 0.15) is 11.2 Å². The van der Waals surface area contributed by atoms with Crippen LogP contribution >= 0.6 is 0 Å². The second-order valence-corrected chi connectivity index (χ2v) is 15.8. The van der Waals surface area contributed by atoms with Gasteiger partial charge in [0.2, 0.25) is 0 Å². The minimum absolute atomic E-state index is 0.169. The lowest BCUT2D eigenvalue weighted by Gasteiger charge is -2.74. The highest BCUT2D eigenvalue weighted by Gasteiger charge is 2.81. The maximum Gasteiger partial charge on any atom is 0.198 e. The summed E-state index contributed by atoms with van der Waals surface area (Å²) in [6, 6.07) is 0. The van der Waals surface area contributed by atoms with Crippen LogP contribution in [0.5, 0.6) is 0 Å². The topological polar surface area (TPSA) is 68.2 Å². The summed E-state index contributed by atoms with van der Waals surface area (Å²) in [7, 11) is 0. The molecule has 0 aromatic heterocycles. The molecule has 4 saturated carbocycles. The van der Waals surface area contributed by atoms with Crippen molar-refractivity contribution in [3.8, 4) is 0 Å². The molecule has 2 N–H and O–H groups in total. The third-order valence-corrected chi connectivity index (χ3v) is 14.4. The van der Waals surface area contributed by atoms with Crippen LogP contribution in [0, 0.1) is 39.4 Å². The zero-order valence-corrected chi connectivity index (χ0v) is 23.1. The molecule has 10 atom stereocenters. The van der Waals surface area contributed by atoms with Crippen molar-refractivity contribution in [3.63, 3.8) is 0 Å². The van der Waals surface area contributed by atoms with Crippen LogP contribution in [0.1, 0.15) is 113 Å². The first kappa shape index (κ1) is 23.9. The summed E-state index contributed by atoms with van der Waals surface area (Å²) in [5, 5.41) is 22.5. The Balaban J connectivity index is 1.29. The van der Waals surface area contributed by atoms with E-state index in [1.165, 1.54) is 25.7 Å². The normalized spacial score (nSPS) is 62.1. The van der Waals surface area contributed by atoms with E-state index < -0.39 is 17.2 Å². The van der Waals surface area contributed by atoms with Crippen molar-refractivity contribution in [1.29, 1.82) is 0 Å². The lowest BCUT2D eigenvalue weighted by atomic mass is 9.34. The third-order valence-electron chi connectivity index (χ3n) is 14.4. The van der Waals surface area contributed by atoms with Crippen molar-refractivity contribution in [2.45, 2.75) is 141 Å². The van der Waals surface area contributed by atoms with Crippen LogP contribution in [-0.4, -0.2) is 45.2 Å². The summed E-state index contributed by atoms with van der Waals surface area (Å²) < 4.78 is 20.2. The first-order valence-corrected chi connectivity index (χ1v) is 14.5. The zero-order chi connectivity index (χ0) is 25.1. The second-order valence-electron chi connectivity index (χ2n) is 15.8. The molecular weight excluding hydrogens is 440 g/mol. The van der Waals surface area contributed by atoms with Crippen LogP contribution in [0.2, 0.25) is 0 Å². The van der Waals surface area contributed by atoms with Gasteiger partial charge in [-0.25, -0.2) is 0 Å². The van der Waals surface area contributed by atoms with E-state index in [1.54, 1.807) is 0 Å². The number of rotatable bonds is 1. The largest absolute Gasteiger partial charge is 0.385 e. The van der Waals surface area contributed by atoms with E-state index in [1.807, 2.05) is 13.8 Å². The minimum atomic E-state index is -1.02. The monoisotopic (exact) mass is 488 g/mol. The fourth-order valence-corrected chi connectivity index (χ4v) is 12.1. The van der Waals surface area contributed by atoms with Crippen LogP contribution in [0.15, 0.2) is 0 Å². The third kappa shape index (κ3) is 2.27. The van der Waals surface area contributed by atoms with Gasteiger partial charge in [0.25, 0.3) is 0 Å². The van der Waals surface area contributed by atoms with Gasteiger partial charge >= 0.3 is 0 Å². The Morgan fingerprint density at radius 3 is 2.03 bits per heavy atom. The molecule has 35 heavy (non-hydrogen) atoms. The molecule has 4 aliphatic heterocycles. The molecular formula is C30H48O5. The van der Waals surface area contributed by atoms with Crippen molar-refractivity contribution in [1.82, 2.24) is 0 Å². The van der Waals surface area contributed by atoms with Crippen molar-refractivity contribution >= 4 is 0 Å². The summed E-state index contributed by atoms with van der Waals surface area (Å²) in [4.78, 5) is 0. The molecule has 0 radical (unpaired) electrons. The molecule has 4 bridgehead atoms. The van der Waals surface area contributed by atoms with Crippen molar-refractivity contribution in [2.24, 2.45) is 39.4 Å². The lowest BCUT2D eigenvalue weighted by molar-refractivity contribution is -0.399. The standard InChI is InChI=1S/C30H48O5/c1-22(2)19-10-11-24(5)20(27(19)14-16-29(22,32)33-18-27)8-9-21-25(24,6)12-15-28(21)26(7)13-17-30(34-26,35-28)23(3,4)31/h19-21,31-32H,8-18H2,1-7H3/t19?,20?,21?,24-,25-,26+,27-,28-,29+,30-/m1/s1. The molecule has 0 aromatic carbocycles. The van der Waals surface area contributed by atoms with E-state index in [-0.39, 0.29) is 32.9 Å². The summed E-state index contributed by atoms with van der Waals surface area (Å²) in [5.41, 5.74) is -1.30. The number of ether oxygens (including phenoxy) is 3. The summed E-state index contributed by atoms with van der Waals surface area (Å²) in [6.07, 6.45) is 10.6. The van der Waals surface area contributed by atoms with E-state index in [4.69, 9.17) is 14.2 Å². The summed E-state index contributed by atoms with van der Waals surface area (Å²) in [6.45, 7) is 16.5. The van der Waals surface area contributed by atoms with Crippen LogP contribution in [0.4, 0.5) is 0 Å². The van der Waals surface area contributed by atoms with Crippen molar-refractivity contribution in [2.75, 3.05) is 6.61 Å². The molecule has 4 heterocycles. The van der Waals surface area contributed by atoms with Gasteiger partial charge in [0.05, 0.1) is 12.2 Å². The number of fused-ring (bicyclic) bond motifs is 9. The van der Waals surface area contributed by atoms with E-state index >= 15 is 0 Å². The number of aliphatic hydroxyl groups is 2. The maximum absolute atomic E-state index is 11.4. The molecule has 4 saturated heterocycles. The van der Waals surface area contributed by atoms with E-state index in [2.05, 4.69) is 34.6 Å². The molecule has 0 aromatic rings. The van der Waals surface area contributed by atoms with Crippen LogP contribution in [0.3, 0.4) is 0 Å². The van der Waals surface area contributed by atoms with Crippen LogP contribution in [-0.2, 0) is 14.2 Å². The molecule has 3 unspecified atom stereocenters. The van der Waals surface area contributed by atoms with E-state index in [0.717, 1.165) is 45.1 Å². The Morgan fingerprint density at radius 1 is 0.714 bits per heavy atom. The fraction of sp³-hybridized carbons (Fsp3) is 1.00. The summed E-state index contributed by atoms with van der Waals surface area (Å²) >= 11 is 0. The molecule has 0 amide bonds. The highest BCUT2D eigenvalue weighted by molar-refractivity contribution is 5.28. The Hall–Kier alpha value is -0.200. The summed E-state index contributed by atoms with van der Waals surface area (Å²) in [5.74, 6) is -0.258. The second kappa shape index (κ2) is 6.17. The average molecular weight is 489 g/mol. The van der Waals surface area contributed by atoms with Gasteiger partial charge in [0, 0.05) is 23.7 Å². The fourth-order valence-electron chi connectivity index (χ4n) is 12.1. The molecule has 8 aliphatic rings. The first-order valence-electron chi connectivity index (χ1n) is 14.5. The Bertz CT molecular complexity index is 960. The number of hydrogen-bond donors (Lipinski definition) is 2. The lowest BCUT2D eigenvalue weighted by Crippen LogP contribution is -2.73. The Morgan fingerprint density at radius 2 is 1.40 bits per heavy atom. The molecule has 2 spiro atoms. The van der Waals surface area contributed by atoms with Crippen LogP contribution < -0.4 is 0 Å². The van der Waals surface area contributed by atoms with Gasteiger partial charge in [0.15, 0.2) is 11.6 Å². The zero-order valence-electron chi connectivity index (χ0n) is 23.1. The predicted molar refractivity (Wildman–Crippen MR) is 132 cm³/mol. The predicted octanol–water partition coefficient (Wildman–Crippen LogP) is 5.56. The van der Waals surface area contributed by atoms with Crippen molar-refractivity contribution in [3.05, 3.63) is 0 Å². The average Bonchev–Trinajstić information content (AvgIpc) is 3.36. The van der Waals surface area contributed by atoms with Gasteiger partial charge < -0.3 is 24.4 Å². The quantitative estimate of drug-likeness (QED) is 0.506. The highest BCUT2D eigenvalue weighted by atomic mass is 16.8. The molecule has 8 fully saturated rings. The highest BCUT2D eigenvalue weighted by Crippen LogP contribution is 2.80. The van der Waals surface area contributed by atoms with Gasteiger partial charge in [-0.1, -0.05) is 27.7 Å². The van der Waals surface area contributed by atoms with Gasteiger partial charge in [-0.2, -0.15) is 0 Å².